The lowest BCUT2D eigenvalue weighted by Gasteiger charge is -2.18. The monoisotopic (exact) mass is 518 g/mol. The van der Waals surface area contributed by atoms with Crippen LogP contribution < -0.4 is 5.32 Å². The van der Waals surface area contributed by atoms with Crippen LogP contribution in [0.2, 0.25) is 10.0 Å². The molecular weight excluding hydrogens is 501 g/mol. The van der Waals surface area contributed by atoms with Gasteiger partial charge in [-0.25, -0.2) is 4.99 Å². The molecule has 0 saturated heterocycles. The van der Waals surface area contributed by atoms with Gasteiger partial charge in [0, 0.05) is 5.56 Å². The number of aliphatic imine (C=N–C) groups is 1. The minimum Gasteiger partial charge on any atom is -0.338 e. The summed E-state index contributed by atoms with van der Waals surface area (Å²) in [6.45, 7) is 5.53. The van der Waals surface area contributed by atoms with E-state index in [4.69, 9.17) is 23.2 Å². The summed E-state index contributed by atoms with van der Waals surface area (Å²) in [4.78, 5) is 4.44. The second kappa shape index (κ2) is 9.50. The maximum absolute atomic E-state index is 13.0. The third kappa shape index (κ3) is 5.85. The number of amidine groups is 1. The summed E-state index contributed by atoms with van der Waals surface area (Å²) in [5.41, 5.74) is 1.48. The van der Waals surface area contributed by atoms with Gasteiger partial charge in [0.25, 0.3) is 0 Å². The molecule has 1 N–H and O–H groups in total. The average molecular weight is 519 g/mol. The first-order valence-electron chi connectivity index (χ1n) is 9.84. The molecule has 0 bridgehead atoms. The van der Waals surface area contributed by atoms with Gasteiger partial charge < -0.3 is 5.32 Å². The fourth-order valence-corrected chi connectivity index (χ4v) is 3.97. The van der Waals surface area contributed by atoms with Crippen molar-refractivity contribution in [2.24, 2.45) is 4.99 Å². The Kier molecular flexibility index (Phi) is 7.24. The van der Waals surface area contributed by atoms with Gasteiger partial charge >= 0.3 is 12.4 Å². The van der Waals surface area contributed by atoms with Crippen LogP contribution in [0.1, 0.15) is 33.4 Å². The number of anilines is 1. The zero-order valence-electron chi connectivity index (χ0n) is 18.1. The van der Waals surface area contributed by atoms with Gasteiger partial charge in [-0.15, -0.1) is 0 Å². The van der Waals surface area contributed by atoms with Crippen LogP contribution in [0.15, 0.2) is 53.5 Å². The standard InChI is InChI=1S/C24H18Cl2F6N2/c1-12-8-13(2)21(14(3)9-12)22(33-19-6-4-15(10-17(19)25)23(27,28)29)34-20-7-5-16(11-18(20)26)24(30,31)32/h4-11H,1-3H3,(H,33,34). The predicted octanol–water partition coefficient (Wildman–Crippen LogP) is 9.15. The Balaban J connectivity index is 2.16. The van der Waals surface area contributed by atoms with Crippen LogP contribution in [0.25, 0.3) is 0 Å². The molecule has 3 aromatic rings. The Hall–Kier alpha value is -2.71. The summed E-state index contributed by atoms with van der Waals surface area (Å²) in [5, 5.41) is 2.49. The van der Waals surface area contributed by atoms with Crippen LogP contribution >= 0.6 is 23.2 Å². The molecule has 0 aliphatic carbocycles. The van der Waals surface area contributed by atoms with E-state index in [1.54, 1.807) is 0 Å². The second-order valence-corrected chi connectivity index (χ2v) is 8.53. The van der Waals surface area contributed by atoms with E-state index in [9.17, 15) is 26.3 Å². The fraction of sp³-hybridized carbons (Fsp3) is 0.208. The number of aryl methyl sites for hydroxylation is 3. The van der Waals surface area contributed by atoms with Crippen molar-refractivity contribution in [2.75, 3.05) is 5.32 Å². The lowest BCUT2D eigenvalue weighted by molar-refractivity contribution is -0.138. The van der Waals surface area contributed by atoms with Gasteiger partial charge in [-0.05, 0) is 68.3 Å². The Morgan fingerprint density at radius 2 is 1.24 bits per heavy atom. The van der Waals surface area contributed by atoms with E-state index in [2.05, 4.69) is 10.3 Å². The Bertz CT molecular complexity index is 1240. The van der Waals surface area contributed by atoms with Crippen molar-refractivity contribution in [3.63, 3.8) is 0 Å². The van der Waals surface area contributed by atoms with E-state index in [1.165, 1.54) is 0 Å². The number of nitrogens with zero attached hydrogens (tertiary/aromatic N) is 1. The van der Waals surface area contributed by atoms with E-state index in [1.807, 2.05) is 32.9 Å². The highest BCUT2D eigenvalue weighted by Crippen LogP contribution is 2.37. The van der Waals surface area contributed by atoms with Crippen molar-refractivity contribution in [3.8, 4) is 0 Å². The minimum atomic E-state index is -4.58. The van der Waals surface area contributed by atoms with E-state index < -0.39 is 23.5 Å². The lowest BCUT2D eigenvalue weighted by atomic mass is 9.98. The summed E-state index contributed by atoms with van der Waals surface area (Å²) in [7, 11) is 0. The highest BCUT2D eigenvalue weighted by Gasteiger charge is 2.32. The van der Waals surface area contributed by atoms with Gasteiger partial charge in [0.15, 0.2) is 0 Å². The molecule has 0 saturated carbocycles. The van der Waals surface area contributed by atoms with Crippen molar-refractivity contribution in [1.29, 1.82) is 0 Å². The predicted molar refractivity (Wildman–Crippen MR) is 123 cm³/mol. The summed E-state index contributed by atoms with van der Waals surface area (Å²) in [6, 6.07) is 9.30. The van der Waals surface area contributed by atoms with Crippen molar-refractivity contribution in [2.45, 2.75) is 33.1 Å². The van der Waals surface area contributed by atoms with Crippen molar-refractivity contribution in [3.05, 3.63) is 92.0 Å². The second-order valence-electron chi connectivity index (χ2n) is 7.72. The summed E-state index contributed by atoms with van der Waals surface area (Å²) < 4.78 is 78.1. The van der Waals surface area contributed by atoms with E-state index in [-0.39, 0.29) is 27.3 Å². The number of alkyl halides is 6. The molecule has 0 heterocycles. The Labute approximate surface area is 202 Å². The normalized spacial score (nSPS) is 12.7. The lowest BCUT2D eigenvalue weighted by Crippen LogP contribution is -2.17. The van der Waals surface area contributed by atoms with Crippen LogP contribution in [-0.4, -0.2) is 5.84 Å². The molecule has 2 nitrogen and oxygen atoms in total. The molecule has 34 heavy (non-hydrogen) atoms. The molecule has 3 rings (SSSR count). The molecule has 0 aliphatic heterocycles. The maximum atomic E-state index is 13.0. The third-order valence-corrected chi connectivity index (χ3v) is 5.59. The number of rotatable bonds is 3. The van der Waals surface area contributed by atoms with Gasteiger partial charge in [-0.2, -0.15) is 26.3 Å². The zero-order chi connectivity index (χ0) is 25.4. The Morgan fingerprint density at radius 3 is 1.71 bits per heavy atom. The zero-order valence-corrected chi connectivity index (χ0v) is 19.6. The number of hydrogen-bond acceptors (Lipinski definition) is 1. The Morgan fingerprint density at radius 1 is 0.735 bits per heavy atom. The molecule has 0 aliphatic rings. The first-order chi connectivity index (χ1) is 15.7. The molecule has 0 amide bonds. The first kappa shape index (κ1) is 25.9. The number of benzene rings is 3. The molecule has 0 unspecified atom stereocenters. The highest BCUT2D eigenvalue weighted by atomic mass is 35.5. The van der Waals surface area contributed by atoms with Gasteiger partial charge in [0.2, 0.25) is 0 Å². The fourth-order valence-electron chi connectivity index (χ4n) is 3.51. The molecule has 180 valence electrons. The highest BCUT2D eigenvalue weighted by molar-refractivity contribution is 6.34. The van der Waals surface area contributed by atoms with E-state index in [0.717, 1.165) is 53.1 Å². The van der Waals surface area contributed by atoms with Gasteiger partial charge in [-0.3, -0.25) is 0 Å². The van der Waals surface area contributed by atoms with Crippen molar-refractivity contribution < 1.29 is 26.3 Å². The molecule has 0 fully saturated rings. The van der Waals surface area contributed by atoms with Crippen LogP contribution in [0.4, 0.5) is 37.7 Å². The maximum Gasteiger partial charge on any atom is 0.416 e. The van der Waals surface area contributed by atoms with E-state index >= 15 is 0 Å². The average Bonchev–Trinajstić information content (AvgIpc) is 2.68. The smallest absolute Gasteiger partial charge is 0.338 e. The first-order valence-corrected chi connectivity index (χ1v) is 10.6. The third-order valence-electron chi connectivity index (χ3n) is 4.97. The topological polar surface area (TPSA) is 24.4 Å². The van der Waals surface area contributed by atoms with Crippen molar-refractivity contribution in [1.82, 2.24) is 0 Å². The molecular formula is C24H18Cl2F6N2. The molecule has 10 heteroatoms. The SMILES string of the molecule is Cc1cc(C)c(C(=Nc2ccc(C(F)(F)F)cc2Cl)Nc2ccc(C(F)(F)F)cc2Cl)c(C)c1. The van der Waals surface area contributed by atoms with Gasteiger partial charge in [0.05, 0.1) is 32.5 Å². The number of halogens is 8. The summed E-state index contributed by atoms with van der Waals surface area (Å²) in [6.07, 6.45) is -9.15. The van der Waals surface area contributed by atoms with Gasteiger partial charge in [-0.1, -0.05) is 40.9 Å². The summed E-state index contributed by atoms with van der Waals surface area (Å²) in [5.74, 6) is 0.165. The largest absolute Gasteiger partial charge is 0.416 e. The summed E-state index contributed by atoms with van der Waals surface area (Å²) >= 11 is 12.2. The van der Waals surface area contributed by atoms with Crippen LogP contribution in [0.3, 0.4) is 0 Å². The van der Waals surface area contributed by atoms with Gasteiger partial charge in [0.1, 0.15) is 5.84 Å². The number of nitrogens with one attached hydrogen (secondary N) is 1. The quantitative estimate of drug-likeness (QED) is 0.208. The minimum absolute atomic E-state index is 0.0413. The van der Waals surface area contributed by atoms with Crippen LogP contribution in [-0.2, 0) is 12.4 Å². The molecule has 0 radical (unpaired) electrons. The van der Waals surface area contributed by atoms with Crippen LogP contribution in [0, 0.1) is 20.8 Å². The van der Waals surface area contributed by atoms with Crippen LogP contribution in [0.5, 0.6) is 0 Å². The molecule has 0 spiro atoms. The molecule has 3 aromatic carbocycles. The van der Waals surface area contributed by atoms with Crippen molar-refractivity contribution >= 4 is 40.4 Å². The number of hydrogen-bond donors (Lipinski definition) is 1. The van der Waals surface area contributed by atoms with E-state index in [0.29, 0.717) is 5.56 Å². The molecule has 0 atom stereocenters. The molecule has 0 aromatic heterocycles.